The maximum absolute atomic E-state index is 11.1. The monoisotopic (exact) mass is 350 g/mol. The lowest BCUT2D eigenvalue weighted by atomic mass is 10.1. The molecular formula is C14H11BrN2O4. The molecule has 0 fully saturated rings. The number of carboxylic acids is 1. The number of aryl methyl sites for hydroxylation is 1. The Hall–Kier alpha value is -2.41. The van der Waals surface area contributed by atoms with E-state index in [2.05, 4.69) is 21.2 Å². The molecule has 0 spiro atoms. The van der Waals surface area contributed by atoms with Crippen LogP contribution in [0, 0.1) is 17.0 Å². The summed E-state index contributed by atoms with van der Waals surface area (Å²) < 4.78 is 0.512. The van der Waals surface area contributed by atoms with Crippen molar-refractivity contribution in [2.24, 2.45) is 0 Å². The van der Waals surface area contributed by atoms with Crippen molar-refractivity contribution in [1.82, 2.24) is 0 Å². The maximum Gasteiger partial charge on any atom is 0.335 e. The average molecular weight is 351 g/mol. The first kappa shape index (κ1) is 15.0. The van der Waals surface area contributed by atoms with Crippen LogP contribution in [0.1, 0.15) is 15.9 Å². The van der Waals surface area contributed by atoms with Gasteiger partial charge in [0.2, 0.25) is 0 Å². The Morgan fingerprint density at radius 3 is 2.57 bits per heavy atom. The minimum absolute atomic E-state index is 0.00767. The van der Waals surface area contributed by atoms with Gasteiger partial charge in [-0.25, -0.2) is 4.79 Å². The van der Waals surface area contributed by atoms with Crippen molar-refractivity contribution in [2.75, 3.05) is 5.32 Å². The molecule has 0 aliphatic heterocycles. The van der Waals surface area contributed by atoms with E-state index in [4.69, 9.17) is 5.11 Å². The Balaban J connectivity index is 2.42. The van der Waals surface area contributed by atoms with Crippen molar-refractivity contribution in [3.8, 4) is 0 Å². The van der Waals surface area contributed by atoms with Crippen molar-refractivity contribution in [3.05, 3.63) is 62.1 Å². The summed E-state index contributed by atoms with van der Waals surface area (Å²) in [5.41, 5.74) is 1.57. The van der Waals surface area contributed by atoms with Crippen LogP contribution in [-0.2, 0) is 0 Å². The fraction of sp³-hybridized carbons (Fsp3) is 0.0714. The van der Waals surface area contributed by atoms with Crippen LogP contribution in [0.3, 0.4) is 0 Å². The molecule has 0 saturated heterocycles. The molecule has 0 saturated carbocycles. The Labute approximate surface area is 128 Å². The number of halogens is 1. The standard InChI is InChI=1S/C14H11BrN2O4/c1-8-3-2-4-12(13(8)17(20)21)16-11-6-5-9(14(18)19)7-10(11)15/h2-7,16H,1H3,(H,18,19). The number of para-hydroxylation sites is 1. The van der Waals surface area contributed by atoms with Gasteiger partial charge in [0, 0.05) is 10.0 Å². The highest BCUT2D eigenvalue weighted by Crippen LogP contribution is 2.33. The highest BCUT2D eigenvalue weighted by molar-refractivity contribution is 9.10. The van der Waals surface area contributed by atoms with E-state index >= 15 is 0 Å². The maximum atomic E-state index is 11.1. The summed E-state index contributed by atoms with van der Waals surface area (Å²) in [5, 5.41) is 23.0. The lowest BCUT2D eigenvalue weighted by Crippen LogP contribution is -2.01. The summed E-state index contributed by atoms with van der Waals surface area (Å²) in [6.07, 6.45) is 0. The van der Waals surface area contributed by atoms with E-state index in [1.54, 1.807) is 31.2 Å². The van der Waals surface area contributed by atoms with Crippen molar-refractivity contribution in [3.63, 3.8) is 0 Å². The molecule has 0 amide bonds. The van der Waals surface area contributed by atoms with Crippen LogP contribution in [0.4, 0.5) is 17.1 Å². The van der Waals surface area contributed by atoms with E-state index in [0.717, 1.165) is 0 Å². The van der Waals surface area contributed by atoms with E-state index < -0.39 is 10.9 Å². The van der Waals surface area contributed by atoms with Crippen LogP contribution < -0.4 is 5.32 Å². The zero-order valence-corrected chi connectivity index (χ0v) is 12.5. The first-order valence-electron chi connectivity index (χ1n) is 5.94. The smallest absolute Gasteiger partial charge is 0.335 e. The van der Waals surface area contributed by atoms with Crippen LogP contribution in [0.25, 0.3) is 0 Å². The van der Waals surface area contributed by atoms with E-state index in [-0.39, 0.29) is 11.3 Å². The van der Waals surface area contributed by atoms with Gasteiger partial charge in [-0.05, 0) is 47.1 Å². The summed E-state index contributed by atoms with van der Waals surface area (Å²) >= 11 is 3.26. The number of benzene rings is 2. The summed E-state index contributed by atoms with van der Waals surface area (Å²) in [4.78, 5) is 21.6. The zero-order valence-electron chi connectivity index (χ0n) is 11.0. The highest BCUT2D eigenvalue weighted by Gasteiger charge is 2.17. The second kappa shape index (κ2) is 5.92. The number of aromatic carboxylic acids is 1. The summed E-state index contributed by atoms with van der Waals surface area (Å²) in [6.45, 7) is 1.66. The number of nitro benzene ring substituents is 1. The van der Waals surface area contributed by atoms with Gasteiger partial charge in [-0.1, -0.05) is 12.1 Å². The highest BCUT2D eigenvalue weighted by atomic mass is 79.9. The van der Waals surface area contributed by atoms with Crippen LogP contribution in [-0.4, -0.2) is 16.0 Å². The van der Waals surface area contributed by atoms with E-state index in [0.29, 0.717) is 21.4 Å². The second-order valence-corrected chi connectivity index (χ2v) is 5.21. The first-order chi connectivity index (χ1) is 9.90. The van der Waals surface area contributed by atoms with Gasteiger partial charge in [-0.15, -0.1) is 0 Å². The van der Waals surface area contributed by atoms with Crippen LogP contribution in [0.5, 0.6) is 0 Å². The Morgan fingerprint density at radius 2 is 2.00 bits per heavy atom. The van der Waals surface area contributed by atoms with Gasteiger partial charge in [0.1, 0.15) is 5.69 Å². The molecule has 0 bridgehead atoms. The number of hydrogen-bond acceptors (Lipinski definition) is 4. The molecular weight excluding hydrogens is 340 g/mol. The molecule has 2 N–H and O–H groups in total. The van der Waals surface area contributed by atoms with Crippen LogP contribution in [0.2, 0.25) is 0 Å². The molecule has 6 nitrogen and oxygen atoms in total. The van der Waals surface area contributed by atoms with Gasteiger partial charge in [0.15, 0.2) is 0 Å². The number of anilines is 2. The number of hydrogen-bond donors (Lipinski definition) is 2. The Kier molecular flexibility index (Phi) is 4.23. The van der Waals surface area contributed by atoms with Crippen molar-refractivity contribution in [1.29, 1.82) is 0 Å². The number of rotatable bonds is 4. The average Bonchev–Trinajstić information content (AvgIpc) is 2.40. The quantitative estimate of drug-likeness (QED) is 0.639. The normalized spacial score (nSPS) is 10.2. The molecule has 0 heterocycles. The molecule has 0 atom stereocenters. The third kappa shape index (κ3) is 3.19. The lowest BCUT2D eigenvalue weighted by molar-refractivity contribution is -0.384. The number of carboxylic acid groups (broad SMARTS) is 1. The summed E-state index contributed by atoms with van der Waals surface area (Å²) in [5.74, 6) is -1.04. The predicted molar refractivity (Wildman–Crippen MR) is 82.2 cm³/mol. The van der Waals surface area contributed by atoms with E-state index in [9.17, 15) is 14.9 Å². The molecule has 7 heteroatoms. The largest absolute Gasteiger partial charge is 0.478 e. The molecule has 2 rings (SSSR count). The number of nitro groups is 1. The van der Waals surface area contributed by atoms with Crippen molar-refractivity contribution < 1.29 is 14.8 Å². The molecule has 21 heavy (non-hydrogen) atoms. The lowest BCUT2D eigenvalue weighted by Gasteiger charge is -2.10. The number of nitrogens with one attached hydrogen (secondary N) is 1. The fourth-order valence-corrected chi connectivity index (χ4v) is 2.37. The van der Waals surface area contributed by atoms with Gasteiger partial charge < -0.3 is 10.4 Å². The Bertz CT molecular complexity index is 731. The zero-order chi connectivity index (χ0) is 15.6. The second-order valence-electron chi connectivity index (χ2n) is 4.35. The van der Waals surface area contributed by atoms with Gasteiger partial charge in [0.25, 0.3) is 5.69 Å². The van der Waals surface area contributed by atoms with Crippen molar-refractivity contribution >= 4 is 39.0 Å². The number of nitrogens with zero attached hydrogens (tertiary/aromatic N) is 1. The summed E-state index contributed by atoms with van der Waals surface area (Å²) in [7, 11) is 0. The third-order valence-corrected chi connectivity index (χ3v) is 3.56. The van der Waals surface area contributed by atoms with Gasteiger partial charge in [0.05, 0.1) is 16.2 Å². The third-order valence-electron chi connectivity index (χ3n) is 2.91. The fourth-order valence-electron chi connectivity index (χ4n) is 1.90. The minimum atomic E-state index is -1.04. The van der Waals surface area contributed by atoms with Crippen molar-refractivity contribution in [2.45, 2.75) is 6.92 Å². The molecule has 2 aromatic rings. The molecule has 0 aliphatic rings. The molecule has 2 aromatic carbocycles. The van der Waals surface area contributed by atoms with E-state index in [1.807, 2.05) is 0 Å². The molecule has 0 unspecified atom stereocenters. The van der Waals surface area contributed by atoms with Crippen LogP contribution in [0.15, 0.2) is 40.9 Å². The summed E-state index contributed by atoms with van der Waals surface area (Å²) in [6, 6.07) is 9.39. The Morgan fingerprint density at radius 1 is 1.29 bits per heavy atom. The molecule has 108 valence electrons. The minimum Gasteiger partial charge on any atom is -0.478 e. The van der Waals surface area contributed by atoms with Gasteiger partial charge in [-0.2, -0.15) is 0 Å². The van der Waals surface area contributed by atoms with Gasteiger partial charge >= 0.3 is 5.97 Å². The topological polar surface area (TPSA) is 92.5 Å². The first-order valence-corrected chi connectivity index (χ1v) is 6.73. The molecule has 0 aromatic heterocycles. The SMILES string of the molecule is Cc1cccc(Nc2ccc(C(=O)O)cc2Br)c1[N+](=O)[O-]. The van der Waals surface area contributed by atoms with Crippen LogP contribution >= 0.6 is 15.9 Å². The number of carbonyl (C=O) groups is 1. The predicted octanol–water partition coefficient (Wildman–Crippen LogP) is 4.11. The van der Waals surface area contributed by atoms with Gasteiger partial charge in [-0.3, -0.25) is 10.1 Å². The van der Waals surface area contributed by atoms with E-state index in [1.165, 1.54) is 12.1 Å². The molecule has 0 aliphatic carbocycles. The molecule has 0 radical (unpaired) electrons.